The SMILES string of the molecule is CCCNC(CC1CC2CCC1C2)C(OCC)C1CC1. The Hall–Kier alpha value is -0.0800. The van der Waals surface area contributed by atoms with E-state index in [-0.39, 0.29) is 0 Å². The summed E-state index contributed by atoms with van der Waals surface area (Å²) in [4.78, 5) is 0. The van der Waals surface area contributed by atoms with E-state index in [1.54, 1.807) is 0 Å². The van der Waals surface area contributed by atoms with Gasteiger partial charge in [-0.1, -0.05) is 13.3 Å². The van der Waals surface area contributed by atoms with Crippen molar-refractivity contribution in [2.24, 2.45) is 23.7 Å². The summed E-state index contributed by atoms with van der Waals surface area (Å²) in [5.74, 6) is 3.96. The van der Waals surface area contributed by atoms with Gasteiger partial charge in [0.05, 0.1) is 6.10 Å². The zero-order valence-corrected chi connectivity index (χ0v) is 13.4. The molecule has 2 nitrogen and oxygen atoms in total. The van der Waals surface area contributed by atoms with Gasteiger partial charge in [0.25, 0.3) is 0 Å². The summed E-state index contributed by atoms with van der Waals surface area (Å²) in [5, 5.41) is 3.84. The molecule has 3 fully saturated rings. The van der Waals surface area contributed by atoms with Crippen LogP contribution in [0.3, 0.4) is 0 Å². The van der Waals surface area contributed by atoms with Gasteiger partial charge in [-0.25, -0.2) is 0 Å². The van der Waals surface area contributed by atoms with Gasteiger partial charge < -0.3 is 10.1 Å². The molecular weight excluding hydrogens is 246 g/mol. The van der Waals surface area contributed by atoms with Crippen molar-refractivity contribution in [2.45, 2.75) is 77.4 Å². The molecule has 5 unspecified atom stereocenters. The van der Waals surface area contributed by atoms with Crippen molar-refractivity contribution >= 4 is 0 Å². The molecule has 3 rings (SSSR count). The standard InChI is InChI=1S/C18H33NO/c1-3-9-19-17(18(20-4-2)14-7-8-14)12-16-11-13-5-6-15(16)10-13/h13-19H,3-12H2,1-2H3. The maximum absolute atomic E-state index is 6.15. The van der Waals surface area contributed by atoms with Crippen molar-refractivity contribution in [1.29, 1.82) is 0 Å². The van der Waals surface area contributed by atoms with Crippen molar-refractivity contribution in [3.8, 4) is 0 Å². The molecule has 116 valence electrons. The van der Waals surface area contributed by atoms with Gasteiger partial charge in [-0.3, -0.25) is 0 Å². The van der Waals surface area contributed by atoms with Gasteiger partial charge in [-0.2, -0.15) is 0 Å². The Morgan fingerprint density at radius 3 is 2.50 bits per heavy atom. The molecule has 0 radical (unpaired) electrons. The number of hydrogen-bond acceptors (Lipinski definition) is 2. The van der Waals surface area contributed by atoms with E-state index in [4.69, 9.17) is 4.74 Å². The average Bonchev–Trinajstić information content (AvgIpc) is 3.09. The molecule has 0 saturated heterocycles. The Kier molecular flexibility index (Phi) is 5.04. The van der Waals surface area contributed by atoms with Crippen LogP contribution in [-0.4, -0.2) is 25.3 Å². The largest absolute Gasteiger partial charge is 0.377 e. The Balaban J connectivity index is 1.59. The predicted octanol–water partition coefficient (Wildman–Crippen LogP) is 4.00. The molecule has 2 bridgehead atoms. The topological polar surface area (TPSA) is 21.3 Å². The van der Waals surface area contributed by atoms with Crippen molar-refractivity contribution in [3.05, 3.63) is 0 Å². The average molecular weight is 279 g/mol. The zero-order valence-electron chi connectivity index (χ0n) is 13.4. The van der Waals surface area contributed by atoms with Crippen LogP contribution in [0.25, 0.3) is 0 Å². The lowest BCUT2D eigenvalue weighted by atomic mass is 9.82. The van der Waals surface area contributed by atoms with Crippen LogP contribution < -0.4 is 5.32 Å². The van der Waals surface area contributed by atoms with Crippen LogP contribution in [0, 0.1) is 23.7 Å². The van der Waals surface area contributed by atoms with Crippen molar-refractivity contribution in [3.63, 3.8) is 0 Å². The first-order valence-electron chi connectivity index (χ1n) is 9.16. The third kappa shape index (κ3) is 3.39. The summed E-state index contributed by atoms with van der Waals surface area (Å²) in [6.07, 6.45) is 12.0. The Morgan fingerprint density at radius 1 is 1.10 bits per heavy atom. The van der Waals surface area contributed by atoms with Crippen LogP contribution in [0.2, 0.25) is 0 Å². The third-order valence-corrected chi connectivity index (χ3v) is 5.94. The highest BCUT2D eigenvalue weighted by atomic mass is 16.5. The number of fused-ring (bicyclic) bond motifs is 2. The Bertz CT molecular complexity index is 302. The van der Waals surface area contributed by atoms with Gasteiger partial charge in [-0.05, 0) is 82.1 Å². The van der Waals surface area contributed by atoms with E-state index in [1.807, 2.05) is 0 Å². The van der Waals surface area contributed by atoms with Crippen LogP contribution in [0.5, 0.6) is 0 Å². The van der Waals surface area contributed by atoms with Gasteiger partial charge in [0, 0.05) is 12.6 Å². The number of hydrogen-bond donors (Lipinski definition) is 1. The van der Waals surface area contributed by atoms with Gasteiger partial charge in [0.15, 0.2) is 0 Å². The van der Waals surface area contributed by atoms with E-state index in [2.05, 4.69) is 19.2 Å². The Morgan fingerprint density at radius 2 is 1.95 bits per heavy atom. The maximum atomic E-state index is 6.15. The highest BCUT2D eigenvalue weighted by Crippen LogP contribution is 2.50. The molecule has 0 amide bonds. The minimum absolute atomic E-state index is 0.491. The molecule has 3 aliphatic rings. The molecule has 5 atom stereocenters. The maximum Gasteiger partial charge on any atom is 0.0756 e. The van der Waals surface area contributed by atoms with Crippen LogP contribution in [0.1, 0.15) is 65.2 Å². The molecule has 0 aromatic carbocycles. The molecule has 0 aliphatic heterocycles. The Labute approximate surface area is 125 Å². The summed E-state index contributed by atoms with van der Waals surface area (Å²) in [5.41, 5.74) is 0. The molecule has 3 saturated carbocycles. The van der Waals surface area contributed by atoms with E-state index in [0.717, 1.165) is 36.8 Å². The minimum Gasteiger partial charge on any atom is -0.377 e. The number of rotatable bonds is 9. The minimum atomic E-state index is 0.491. The summed E-state index contributed by atoms with van der Waals surface area (Å²) in [6, 6.07) is 0.617. The first kappa shape index (κ1) is 14.8. The highest BCUT2D eigenvalue weighted by molar-refractivity contribution is 4.96. The fourth-order valence-electron chi connectivity index (χ4n) is 4.85. The molecule has 20 heavy (non-hydrogen) atoms. The lowest BCUT2D eigenvalue weighted by molar-refractivity contribution is 0.0104. The summed E-state index contributed by atoms with van der Waals surface area (Å²) >= 11 is 0. The summed E-state index contributed by atoms with van der Waals surface area (Å²) in [7, 11) is 0. The van der Waals surface area contributed by atoms with E-state index in [9.17, 15) is 0 Å². The van der Waals surface area contributed by atoms with Crippen molar-refractivity contribution in [2.75, 3.05) is 13.2 Å². The molecule has 1 N–H and O–H groups in total. The van der Waals surface area contributed by atoms with E-state index in [0.29, 0.717) is 12.1 Å². The van der Waals surface area contributed by atoms with E-state index in [1.165, 1.54) is 51.4 Å². The molecular formula is C18H33NO. The third-order valence-electron chi connectivity index (χ3n) is 5.94. The smallest absolute Gasteiger partial charge is 0.0756 e. The molecule has 0 aromatic heterocycles. The lowest BCUT2D eigenvalue weighted by Crippen LogP contribution is -2.44. The molecule has 0 spiro atoms. The van der Waals surface area contributed by atoms with Gasteiger partial charge in [0.2, 0.25) is 0 Å². The second-order valence-electron chi connectivity index (χ2n) is 7.49. The predicted molar refractivity (Wildman–Crippen MR) is 83.8 cm³/mol. The van der Waals surface area contributed by atoms with Gasteiger partial charge in [0.1, 0.15) is 0 Å². The van der Waals surface area contributed by atoms with Crippen LogP contribution in [0.15, 0.2) is 0 Å². The van der Waals surface area contributed by atoms with E-state index < -0.39 is 0 Å². The first-order valence-corrected chi connectivity index (χ1v) is 9.16. The summed E-state index contributed by atoms with van der Waals surface area (Å²) < 4.78 is 6.15. The van der Waals surface area contributed by atoms with Gasteiger partial charge >= 0.3 is 0 Å². The zero-order chi connectivity index (χ0) is 13.9. The fourth-order valence-corrected chi connectivity index (χ4v) is 4.85. The summed E-state index contributed by atoms with van der Waals surface area (Å²) in [6.45, 7) is 6.46. The monoisotopic (exact) mass is 279 g/mol. The van der Waals surface area contributed by atoms with Crippen LogP contribution in [0.4, 0.5) is 0 Å². The van der Waals surface area contributed by atoms with Crippen molar-refractivity contribution < 1.29 is 4.74 Å². The molecule has 3 aliphatic carbocycles. The quantitative estimate of drug-likeness (QED) is 0.689. The highest BCUT2D eigenvalue weighted by Gasteiger charge is 2.43. The van der Waals surface area contributed by atoms with Gasteiger partial charge in [-0.15, -0.1) is 0 Å². The molecule has 0 aromatic rings. The second kappa shape index (κ2) is 6.79. The van der Waals surface area contributed by atoms with Crippen LogP contribution in [-0.2, 0) is 4.74 Å². The lowest BCUT2D eigenvalue weighted by Gasteiger charge is -2.33. The number of ether oxygens (including phenoxy) is 1. The van der Waals surface area contributed by atoms with Crippen molar-refractivity contribution in [1.82, 2.24) is 5.32 Å². The molecule has 2 heteroatoms. The second-order valence-corrected chi connectivity index (χ2v) is 7.49. The van der Waals surface area contributed by atoms with Crippen LogP contribution >= 0.6 is 0 Å². The van der Waals surface area contributed by atoms with E-state index >= 15 is 0 Å². The first-order chi connectivity index (χ1) is 9.81. The fraction of sp³-hybridized carbons (Fsp3) is 1.00. The normalized spacial score (nSPS) is 35.4. The number of nitrogens with one attached hydrogen (secondary N) is 1. The molecule has 0 heterocycles.